The molecule has 4 nitrogen and oxygen atoms in total. The fourth-order valence-corrected chi connectivity index (χ4v) is 3.47. The first-order valence-corrected chi connectivity index (χ1v) is 8.31. The Bertz CT molecular complexity index is 290. The van der Waals surface area contributed by atoms with Crippen LogP contribution in [-0.2, 0) is 9.53 Å². The molecule has 2 heterocycles. The number of piperidine rings is 1. The molecule has 2 aliphatic rings. The summed E-state index contributed by atoms with van der Waals surface area (Å²) in [6, 6.07) is 0.372. The summed E-state index contributed by atoms with van der Waals surface area (Å²) in [5.74, 6) is 1.01. The Balaban J connectivity index is 1.55. The molecule has 0 bridgehead atoms. The van der Waals surface area contributed by atoms with Crippen molar-refractivity contribution >= 4 is 5.91 Å². The minimum Gasteiger partial charge on any atom is -0.381 e. The number of ether oxygens (including phenoxy) is 1. The molecule has 2 aliphatic heterocycles. The molecule has 1 amide bonds. The summed E-state index contributed by atoms with van der Waals surface area (Å²) in [5, 5.41) is 3.06. The molecule has 2 rings (SSSR count). The minimum atomic E-state index is 0.108. The smallest absolute Gasteiger partial charge is 0.217 e. The van der Waals surface area contributed by atoms with E-state index in [1.165, 1.54) is 51.6 Å². The van der Waals surface area contributed by atoms with Crippen molar-refractivity contribution in [2.75, 3.05) is 32.8 Å². The van der Waals surface area contributed by atoms with E-state index >= 15 is 0 Å². The van der Waals surface area contributed by atoms with Crippen molar-refractivity contribution in [1.82, 2.24) is 10.2 Å². The fraction of sp³-hybridized carbons (Fsp3) is 0.938. The summed E-state index contributed by atoms with van der Waals surface area (Å²) in [5.41, 5.74) is 0. The molecule has 0 saturated carbocycles. The standard InChI is InChI=1S/C16H30N2O2/c1-14(19)17-16-6-4-10-18(13-16)9-3-2-5-15-7-11-20-12-8-15/h15-16H,2-13H2,1H3,(H,17,19). The topological polar surface area (TPSA) is 41.6 Å². The number of nitrogens with zero attached hydrogens (tertiary/aromatic N) is 1. The van der Waals surface area contributed by atoms with Gasteiger partial charge >= 0.3 is 0 Å². The summed E-state index contributed by atoms with van der Waals surface area (Å²) in [4.78, 5) is 13.6. The van der Waals surface area contributed by atoms with Gasteiger partial charge in [-0.1, -0.05) is 12.8 Å². The lowest BCUT2D eigenvalue weighted by molar-refractivity contribution is -0.120. The van der Waals surface area contributed by atoms with Gasteiger partial charge in [0.15, 0.2) is 0 Å². The summed E-state index contributed by atoms with van der Waals surface area (Å²) in [6.45, 7) is 6.99. The lowest BCUT2D eigenvalue weighted by atomic mass is 9.94. The quantitative estimate of drug-likeness (QED) is 0.759. The van der Waals surface area contributed by atoms with Gasteiger partial charge in [-0.15, -0.1) is 0 Å². The van der Waals surface area contributed by atoms with Crippen LogP contribution in [-0.4, -0.2) is 49.7 Å². The molecule has 0 aromatic heterocycles. The highest BCUT2D eigenvalue weighted by atomic mass is 16.5. The van der Waals surface area contributed by atoms with Crippen LogP contribution in [0.2, 0.25) is 0 Å². The van der Waals surface area contributed by atoms with Crippen LogP contribution in [0.5, 0.6) is 0 Å². The highest BCUT2D eigenvalue weighted by molar-refractivity contribution is 5.73. The molecular formula is C16H30N2O2. The number of rotatable bonds is 6. The predicted octanol–water partition coefficient (Wildman–Crippen LogP) is 2.18. The first kappa shape index (κ1) is 15.8. The number of likely N-dealkylation sites (tertiary alicyclic amines) is 1. The van der Waals surface area contributed by atoms with E-state index in [0.29, 0.717) is 6.04 Å². The van der Waals surface area contributed by atoms with E-state index in [1.54, 1.807) is 6.92 Å². The molecule has 0 aliphatic carbocycles. The van der Waals surface area contributed by atoms with Crippen LogP contribution in [0.4, 0.5) is 0 Å². The van der Waals surface area contributed by atoms with E-state index < -0.39 is 0 Å². The van der Waals surface area contributed by atoms with Gasteiger partial charge in [0.2, 0.25) is 5.91 Å². The molecule has 0 radical (unpaired) electrons. The number of hydrogen-bond acceptors (Lipinski definition) is 3. The number of hydrogen-bond donors (Lipinski definition) is 1. The van der Waals surface area contributed by atoms with Gasteiger partial charge in [0.05, 0.1) is 0 Å². The summed E-state index contributed by atoms with van der Waals surface area (Å²) >= 11 is 0. The lowest BCUT2D eigenvalue weighted by Crippen LogP contribution is -2.47. The van der Waals surface area contributed by atoms with Gasteiger partial charge in [-0.2, -0.15) is 0 Å². The maximum atomic E-state index is 11.1. The van der Waals surface area contributed by atoms with E-state index in [4.69, 9.17) is 4.74 Å². The van der Waals surface area contributed by atoms with Gasteiger partial charge in [-0.05, 0) is 51.1 Å². The summed E-state index contributed by atoms with van der Waals surface area (Å²) in [7, 11) is 0. The Hall–Kier alpha value is -0.610. The van der Waals surface area contributed by atoms with Crippen molar-refractivity contribution < 1.29 is 9.53 Å². The van der Waals surface area contributed by atoms with Crippen LogP contribution in [0.25, 0.3) is 0 Å². The highest BCUT2D eigenvalue weighted by Gasteiger charge is 2.20. The van der Waals surface area contributed by atoms with Gasteiger partial charge in [0, 0.05) is 32.7 Å². The number of amides is 1. The summed E-state index contributed by atoms with van der Waals surface area (Å²) < 4.78 is 5.40. The highest BCUT2D eigenvalue weighted by Crippen LogP contribution is 2.21. The third kappa shape index (κ3) is 5.80. The zero-order valence-corrected chi connectivity index (χ0v) is 12.9. The monoisotopic (exact) mass is 282 g/mol. The van der Waals surface area contributed by atoms with Crippen molar-refractivity contribution in [2.24, 2.45) is 5.92 Å². The molecule has 0 aromatic rings. The van der Waals surface area contributed by atoms with Gasteiger partial charge in [0.1, 0.15) is 0 Å². The molecule has 1 unspecified atom stereocenters. The fourth-order valence-electron chi connectivity index (χ4n) is 3.47. The number of nitrogens with one attached hydrogen (secondary N) is 1. The third-order valence-electron chi connectivity index (χ3n) is 4.59. The average Bonchev–Trinajstić information content (AvgIpc) is 2.44. The maximum Gasteiger partial charge on any atom is 0.217 e. The van der Waals surface area contributed by atoms with Gasteiger partial charge in [-0.25, -0.2) is 0 Å². The van der Waals surface area contributed by atoms with E-state index in [-0.39, 0.29) is 5.91 Å². The Morgan fingerprint density at radius 1 is 1.25 bits per heavy atom. The van der Waals surface area contributed by atoms with Crippen molar-refractivity contribution in [1.29, 1.82) is 0 Å². The van der Waals surface area contributed by atoms with Gasteiger partial charge in [-0.3, -0.25) is 4.79 Å². The number of carbonyl (C=O) groups is 1. The summed E-state index contributed by atoms with van der Waals surface area (Å²) in [6.07, 6.45) is 8.87. The normalized spacial score (nSPS) is 25.6. The first-order valence-electron chi connectivity index (χ1n) is 8.31. The van der Waals surface area contributed by atoms with Crippen LogP contribution < -0.4 is 5.32 Å². The second-order valence-electron chi connectivity index (χ2n) is 6.39. The van der Waals surface area contributed by atoms with E-state index in [0.717, 1.165) is 32.1 Å². The van der Waals surface area contributed by atoms with E-state index in [2.05, 4.69) is 10.2 Å². The van der Waals surface area contributed by atoms with Crippen LogP contribution in [0.1, 0.15) is 51.9 Å². The first-order chi connectivity index (χ1) is 9.74. The molecule has 0 spiro atoms. The van der Waals surface area contributed by atoms with Crippen LogP contribution in [0, 0.1) is 5.92 Å². The second kappa shape index (κ2) is 8.63. The van der Waals surface area contributed by atoms with Gasteiger partial charge < -0.3 is 15.0 Å². The van der Waals surface area contributed by atoms with Gasteiger partial charge in [0.25, 0.3) is 0 Å². The van der Waals surface area contributed by atoms with Crippen molar-refractivity contribution in [3.63, 3.8) is 0 Å². The molecule has 2 fully saturated rings. The zero-order valence-electron chi connectivity index (χ0n) is 12.9. The molecule has 4 heteroatoms. The Labute approximate surface area is 123 Å². The van der Waals surface area contributed by atoms with Crippen molar-refractivity contribution in [3.8, 4) is 0 Å². The van der Waals surface area contributed by atoms with E-state index in [1.807, 2.05) is 0 Å². The lowest BCUT2D eigenvalue weighted by Gasteiger charge is -2.33. The second-order valence-corrected chi connectivity index (χ2v) is 6.39. The van der Waals surface area contributed by atoms with Crippen LogP contribution >= 0.6 is 0 Å². The maximum absolute atomic E-state index is 11.1. The third-order valence-corrected chi connectivity index (χ3v) is 4.59. The molecular weight excluding hydrogens is 252 g/mol. The van der Waals surface area contributed by atoms with Crippen LogP contribution in [0.15, 0.2) is 0 Å². The largest absolute Gasteiger partial charge is 0.381 e. The Morgan fingerprint density at radius 2 is 2.05 bits per heavy atom. The molecule has 20 heavy (non-hydrogen) atoms. The van der Waals surface area contributed by atoms with E-state index in [9.17, 15) is 4.79 Å². The molecule has 2 saturated heterocycles. The zero-order chi connectivity index (χ0) is 14.2. The van der Waals surface area contributed by atoms with Crippen molar-refractivity contribution in [3.05, 3.63) is 0 Å². The SMILES string of the molecule is CC(=O)NC1CCCN(CCCCC2CCOCC2)C1. The number of unbranched alkanes of at least 4 members (excludes halogenated alkanes) is 1. The molecule has 1 N–H and O–H groups in total. The minimum absolute atomic E-state index is 0.108. The van der Waals surface area contributed by atoms with Crippen molar-refractivity contribution in [2.45, 2.75) is 57.9 Å². The molecule has 1 atom stereocenters. The molecule has 0 aromatic carbocycles. The Morgan fingerprint density at radius 3 is 2.80 bits per heavy atom. The molecule has 116 valence electrons. The average molecular weight is 282 g/mol. The number of carbonyl (C=O) groups excluding carboxylic acids is 1. The predicted molar refractivity (Wildman–Crippen MR) is 80.7 cm³/mol. The Kier molecular flexibility index (Phi) is 6.80. The van der Waals surface area contributed by atoms with Crippen LogP contribution in [0.3, 0.4) is 0 Å².